The quantitative estimate of drug-likeness (QED) is 0.398. The van der Waals surface area contributed by atoms with Crippen LogP contribution in [-0.2, 0) is 0 Å². The van der Waals surface area contributed by atoms with Gasteiger partial charge in [-0.15, -0.1) is 0 Å². The van der Waals surface area contributed by atoms with Gasteiger partial charge in [-0.1, -0.05) is 35.7 Å². The van der Waals surface area contributed by atoms with E-state index in [2.05, 4.69) is 15.7 Å². The number of nitrogens with one attached hydrogen (secondary N) is 2. The van der Waals surface area contributed by atoms with Crippen molar-refractivity contribution in [1.29, 1.82) is 0 Å². The molecule has 170 valence electrons. The van der Waals surface area contributed by atoms with Gasteiger partial charge in [-0.2, -0.15) is 9.78 Å². The maximum absolute atomic E-state index is 12.8. The first-order valence-corrected chi connectivity index (χ1v) is 11.7. The zero-order valence-electron chi connectivity index (χ0n) is 17.6. The first kappa shape index (κ1) is 21.8. The van der Waals surface area contributed by atoms with E-state index < -0.39 is 5.91 Å². The lowest BCUT2D eigenvalue weighted by Gasteiger charge is -2.25. The Labute approximate surface area is 200 Å². The molecule has 5 rings (SSSR count). The van der Waals surface area contributed by atoms with Crippen LogP contribution in [0, 0.1) is 0 Å². The minimum Gasteiger partial charge on any atom is -0.507 e. The minimum atomic E-state index is -0.466. The van der Waals surface area contributed by atoms with Crippen molar-refractivity contribution < 1.29 is 14.7 Å². The molecule has 0 unspecified atom stereocenters. The monoisotopic (exact) mass is 484 g/mol. The Morgan fingerprint density at radius 3 is 2.39 bits per heavy atom. The fraction of sp³-hybridized carbons (Fsp3) is 0.292. The predicted molar refractivity (Wildman–Crippen MR) is 127 cm³/mol. The number of phenolic OH excluding ortho intramolecular Hbond substituents is 1. The lowest BCUT2D eigenvalue weighted by molar-refractivity contribution is 0.102. The average Bonchev–Trinajstić information content (AvgIpc) is 3.44. The maximum Gasteiger partial charge on any atom is 0.342 e. The summed E-state index contributed by atoms with van der Waals surface area (Å²) in [6.07, 6.45) is 5.09. The van der Waals surface area contributed by atoms with Gasteiger partial charge in [-0.25, -0.2) is 4.79 Å². The van der Waals surface area contributed by atoms with Gasteiger partial charge in [0.1, 0.15) is 5.75 Å². The van der Waals surface area contributed by atoms with E-state index in [1.54, 1.807) is 30.3 Å². The molecule has 0 radical (unpaired) electrons. The molecule has 9 heteroatoms. The van der Waals surface area contributed by atoms with Crippen LogP contribution in [0.2, 0.25) is 10.0 Å². The molecule has 7 nitrogen and oxygen atoms in total. The van der Waals surface area contributed by atoms with Crippen LogP contribution >= 0.6 is 23.2 Å². The zero-order chi connectivity index (χ0) is 23.1. The zero-order valence-corrected chi connectivity index (χ0v) is 19.2. The van der Waals surface area contributed by atoms with Gasteiger partial charge in [0, 0.05) is 23.2 Å². The van der Waals surface area contributed by atoms with Crippen LogP contribution in [0.15, 0.2) is 42.5 Å². The van der Waals surface area contributed by atoms with Gasteiger partial charge in [-0.05, 0) is 62.1 Å². The lowest BCUT2D eigenvalue weighted by Crippen LogP contribution is -2.33. The molecular weight excluding hydrogens is 463 g/mol. The summed E-state index contributed by atoms with van der Waals surface area (Å²) >= 11 is 12.3. The Morgan fingerprint density at radius 1 is 1.03 bits per heavy atom. The molecule has 1 aromatic heterocycles. The molecule has 0 aliphatic heterocycles. The highest BCUT2D eigenvalue weighted by atomic mass is 35.5. The van der Waals surface area contributed by atoms with E-state index in [1.807, 2.05) is 6.07 Å². The standard InChI is InChI=1S/C24H22Cl2N4O3/c25-17-5-2-6-18(26)22(17)23(32)27-15-9-10-21(31)16(11-15)19-12-20(13-3-1-4-13)30(29-19)24(33)28-14-7-8-14/h2,5-6,9-14,31H,1,3-4,7-8H2,(H,27,32)(H,28,33). The van der Waals surface area contributed by atoms with Crippen LogP contribution in [0.3, 0.4) is 0 Å². The predicted octanol–water partition coefficient (Wildman–Crippen LogP) is 5.80. The maximum atomic E-state index is 12.8. The van der Waals surface area contributed by atoms with Crippen molar-refractivity contribution in [1.82, 2.24) is 15.1 Å². The highest BCUT2D eigenvalue weighted by Crippen LogP contribution is 2.39. The Balaban J connectivity index is 1.46. The first-order chi connectivity index (χ1) is 15.9. The largest absolute Gasteiger partial charge is 0.507 e. The molecule has 2 fully saturated rings. The fourth-order valence-corrected chi connectivity index (χ4v) is 4.44. The van der Waals surface area contributed by atoms with Gasteiger partial charge in [0.2, 0.25) is 0 Å². The number of rotatable bonds is 5. The molecule has 0 saturated heterocycles. The number of phenols is 1. The number of carbonyl (C=O) groups excluding carboxylic acids is 2. The smallest absolute Gasteiger partial charge is 0.342 e. The normalized spacial score (nSPS) is 15.7. The van der Waals surface area contributed by atoms with Crippen LogP contribution in [0.1, 0.15) is 54.1 Å². The summed E-state index contributed by atoms with van der Waals surface area (Å²) in [6, 6.07) is 11.3. The number of benzene rings is 2. The van der Waals surface area contributed by atoms with Crippen molar-refractivity contribution >= 4 is 40.8 Å². The van der Waals surface area contributed by atoms with E-state index in [0.717, 1.165) is 37.8 Å². The van der Waals surface area contributed by atoms with Crippen molar-refractivity contribution in [2.75, 3.05) is 5.32 Å². The average molecular weight is 485 g/mol. The summed E-state index contributed by atoms with van der Waals surface area (Å²) in [4.78, 5) is 25.5. The van der Waals surface area contributed by atoms with Gasteiger partial charge >= 0.3 is 6.03 Å². The molecule has 3 aromatic rings. The molecule has 2 amide bonds. The topological polar surface area (TPSA) is 96.2 Å². The SMILES string of the molecule is O=C(Nc1ccc(O)c(-c2cc(C3CCC3)n(C(=O)NC3CC3)n2)c1)c1c(Cl)cccc1Cl. The molecule has 3 N–H and O–H groups in total. The summed E-state index contributed by atoms with van der Waals surface area (Å²) < 4.78 is 1.42. The number of hydrogen-bond donors (Lipinski definition) is 3. The Morgan fingerprint density at radius 2 is 1.76 bits per heavy atom. The molecule has 0 bridgehead atoms. The van der Waals surface area contributed by atoms with E-state index in [4.69, 9.17) is 23.2 Å². The second kappa shape index (κ2) is 8.72. The van der Waals surface area contributed by atoms with Crippen molar-refractivity contribution in [3.05, 3.63) is 63.8 Å². The summed E-state index contributed by atoms with van der Waals surface area (Å²) in [5, 5.41) is 21.3. The molecule has 1 heterocycles. The summed E-state index contributed by atoms with van der Waals surface area (Å²) in [5.74, 6) is -0.202. The number of aromatic nitrogens is 2. The number of hydrogen-bond acceptors (Lipinski definition) is 4. The number of halogens is 2. The fourth-order valence-electron chi connectivity index (χ4n) is 3.88. The Bertz CT molecular complexity index is 1230. The van der Waals surface area contributed by atoms with E-state index in [-0.39, 0.29) is 39.3 Å². The van der Waals surface area contributed by atoms with Gasteiger partial charge in [0.05, 0.1) is 27.0 Å². The van der Waals surface area contributed by atoms with E-state index >= 15 is 0 Å². The first-order valence-electron chi connectivity index (χ1n) is 10.9. The number of amides is 2. The van der Waals surface area contributed by atoms with Crippen LogP contribution < -0.4 is 10.6 Å². The number of anilines is 1. The van der Waals surface area contributed by atoms with Crippen molar-refractivity contribution in [3.8, 4) is 17.0 Å². The van der Waals surface area contributed by atoms with E-state index in [9.17, 15) is 14.7 Å². The second-order valence-corrected chi connectivity index (χ2v) is 9.31. The highest BCUT2D eigenvalue weighted by Gasteiger charge is 2.30. The van der Waals surface area contributed by atoms with Crippen LogP contribution in [0.4, 0.5) is 10.5 Å². The molecule has 33 heavy (non-hydrogen) atoms. The third-order valence-corrected chi connectivity index (χ3v) is 6.71. The third kappa shape index (κ3) is 4.43. The van der Waals surface area contributed by atoms with Crippen molar-refractivity contribution in [2.45, 2.75) is 44.1 Å². The van der Waals surface area contributed by atoms with E-state index in [0.29, 0.717) is 16.9 Å². The minimum absolute atomic E-state index is 0.00353. The van der Waals surface area contributed by atoms with Crippen molar-refractivity contribution in [3.63, 3.8) is 0 Å². The van der Waals surface area contributed by atoms with E-state index in [1.165, 1.54) is 10.7 Å². The van der Waals surface area contributed by atoms with Crippen molar-refractivity contribution in [2.24, 2.45) is 0 Å². The number of aromatic hydroxyl groups is 1. The number of nitrogens with zero attached hydrogens (tertiary/aromatic N) is 2. The molecule has 2 saturated carbocycles. The summed E-state index contributed by atoms with van der Waals surface area (Å²) in [5.41, 5.74) is 2.32. The van der Waals surface area contributed by atoms with Gasteiger partial charge in [-0.3, -0.25) is 4.79 Å². The summed E-state index contributed by atoms with van der Waals surface area (Å²) in [6.45, 7) is 0. The molecule has 2 aliphatic carbocycles. The van der Waals surface area contributed by atoms with Crippen LogP contribution in [-0.4, -0.2) is 32.9 Å². The molecule has 2 aliphatic rings. The van der Waals surface area contributed by atoms with Gasteiger partial charge < -0.3 is 15.7 Å². The summed E-state index contributed by atoms with van der Waals surface area (Å²) in [7, 11) is 0. The molecule has 2 aromatic carbocycles. The van der Waals surface area contributed by atoms with Crippen LogP contribution in [0.25, 0.3) is 11.3 Å². The lowest BCUT2D eigenvalue weighted by atomic mass is 9.82. The second-order valence-electron chi connectivity index (χ2n) is 8.50. The van der Waals surface area contributed by atoms with Gasteiger partial charge in [0.15, 0.2) is 0 Å². The highest BCUT2D eigenvalue weighted by molar-refractivity contribution is 6.40. The van der Waals surface area contributed by atoms with Gasteiger partial charge in [0.25, 0.3) is 5.91 Å². The Kier molecular flexibility index (Phi) is 5.76. The molecule has 0 spiro atoms. The molecular formula is C24H22Cl2N4O3. The third-order valence-electron chi connectivity index (χ3n) is 6.08. The molecule has 0 atom stereocenters. The Hall–Kier alpha value is -3.03. The van der Waals surface area contributed by atoms with Crippen LogP contribution in [0.5, 0.6) is 5.75 Å². The number of carbonyl (C=O) groups is 2.